The molecule has 55 heavy (non-hydrogen) atoms. The van der Waals surface area contributed by atoms with Gasteiger partial charge in [0.1, 0.15) is 48.3 Å². The van der Waals surface area contributed by atoms with Gasteiger partial charge in [0.15, 0.2) is 0 Å². The number of hydrogen-bond donors (Lipinski definition) is 10. The summed E-state index contributed by atoms with van der Waals surface area (Å²) in [4.78, 5) is 110. The van der Waals surface area contributed by atoms with Crippen LogP contribution in [0.25, 0.3) is 0 Å². The first-order chi connectivity index (χ1) is 25.6. The van der Waals surface area contributed by atoms with E-state index in [1.165, 1.54) is 25.7 Å². The molecular weight excluding hydrogens is 737 g/mol. The van der Waals surface area contributed by atoms with Gasteiger partial charge in [-0.05, 0) is 57.8 Å². The molecule has 0 aliphatic carbocycles. The average molecular weight is 799 g/mol. The van der Waals surface area contributed by atoms with Crippen LogP contribution in [-0.2, 0) is 38.4 Å². The highest BCUT2D eigenvalue weighted by Gasteiger charge is 2.42. The zero-order chi connectivity index (χ0) is 41.9. The number of aliphatic hydroxyl groups is 2. The number of fused-ring (bicyclic) bond motifs is 1. The highest BCUT2D eigenvalue weighted by molar-refractivity contribution is 7.80. The number of amides is 8. The number of hydrogen-bond acceptors (Lipinski definition) is 11. The van der Waals surface area contributed by atoms with Gasteiger partial charge in [0.25, 0.3) is 0 Å². The third-order valence-electron chi connectivity index (χ3n) is 9.90. The lowest BCUT2D eigenvalue weighted by atomic mass is 9.96. The molecule has 11 atom stereocenters. The van der Waals surface area contributed by atoms with E-state index in [1.807, 2.05) is 20.8 Å². The van der Waals surface area contributed by atoms with E-state index in [4.69, 9.17) is 0 Å². The van der Waals surface area contributed by atoms with Gasteiger partial charge in [-0.1, -0.05) is 48.0 Å². The molecule has 312 valence electrons. The van der Waals surface area contributed by atoms with E-state index in [9.17, 15) is 48.6 Å². The van der Waals surface area contributed by atoms with Gasteiger partial charge in [0.2, 0.25) is 47.3 Å². The van der Waals surface area contributed by atoms with Crippen molar-refractivity contribution in [1.82, 2.24) is 42.1 Å². The van der Waals surface area contributed by atoms with Crippen molar-refractivity contribution in [3.63, 3.8) is 0 Å². The third kappa shape index (κ3) is 13.1. The van der Waals surface area contributed by atoms with Crippen molar-refractivity contribution < 1.29 is 48.6 Å². The minimum atomic E-state index is -1.61. The zero-order valence-corrected chi connectivity index (χ0v) is 34.2. The fourth-order valence-corrected chi connectivity index (χ4v) is 6.59. The summed E-state index contributed by atoms with van der Waals surface area (Å²) in [5, 5.41) is 38.8. The molecule has 0 radical (unpaired) electrons. The van der Waals surface area contributed by atoms with E-state index < -0.39 is 120 Å². The molecule has 2 fully saturated rings. The van der Waals surface area contributed by atoms with Gasteiger partial charge in [0, 0.05) is 12.3 Å². The van der Waals surface area contributed by atoms with E-state index in [2.05, 4.69) is 49.8 Å². The number of nitrogens with one attached hydrogen (secondary N) is 7. The van der Waals surface area contributed by atoms with Gasteiger partial charge in [-0.15, -0.1) is 0 Å². The number of carbonyl (C=O) groups is 8. The number of carbonyl (C=O) groups excluding carboxylic acids is 8. The molecule has 9 N–H and O–H groups in total. The van der Waals surface area contributed by atoms with Crippen LogP contribution in [0.5, 0.6) is 0 Å². The predicted octanol–water partition coefficient (Wildman–Crippen LogP) is -2.16. The molecule has 2 heterocycles. The molecule has 0 aromatic carbocycles. The molecule has 0 saturated carbocycles. The van der Waals surface area contributed by atoms with Crippen LogP contribution in [0.4, 0.5) is 0 Å². The van der Waals surface area contributed by atoms with Crippen molar-refractivity contribution >= 4 is 59.9 Å². The van der Waals surface area contributed by atoms with Gasteiger partial charge < -0.3 is 52.3 Å². The summed E-state index contributed by atoms with van der Waals surface area (Å²) in [6.45, 7) is 14.5. The molecule has 0 unspecified atom stereocenters. The van der Waals surface area contributed by atoms with Crippen LogP contribution in [0.15, 0.2) is 0 Å². The second-order valence-electron chi connectivity index (χ2n) is 15.4. The first-order valence-corrected chi connectivity index (χ1v) is 19.7. The fraction of sp³-hybridized carbons (Fsp3) is 0.778. The highest BCUT2D eigenvalue weighted by Crippen LogP contribution is 2.22. The zero-order valence-electron chi connectivity index (χ0n) is 33.3. The molecule has 0 aromatic rings. The Kier molecular flexibility index (Phi) is 18.3. The largest absolute Gasteiger partial charge is 0.391 e. The van der Waals surface area contributed by atoms with Crippen molar-refractivity contribution in [2.75, 3.05) is 12.3 Å². The molecule has 8 amide bonds. The van der Waals surface area contributed by atoms with Crippen LogP contribution in [0, 0.1) is 17.8 Å². The van der Waals surface area contributed by atoms with Gasteiger partial charge in [-0.25, -0.2) is 0 Å². The normalized spacial score (nSPS) is 30.5. The van der Waals surface area contributed by atoms with Crippen molar-refractivity contribution in [2.24, 2.45) is 17.8 Å². The Hall–Kier alpha value is -3.97. The summed E-state index contributed by atoms with van der Waals surface area (Å²) in [7, 11) is 0. The van der Waals surface area contributed by atoms with Crippen LogP contribution in [-0.4, -0.2) is 135 Å². The SMILES string of the molecule is CC[C@H](C)[C@@H]1NC(=O)[C@H](CC(C)C)NC(=O)[C@H](C)NC(=O)[C@H]([C@H](C)O)NC(=O)[C@H](C(C)C)NC(=O)[C@H]([C@H](C)O)NC(=O)[C@H](CS)NC(=O)[C@@H]2CCCN2C1=O. The first-order valence-electron chi connectivity index (χ1n) is 19.0. The maximum absolute atomic E-state index is 14.1. The maximum Gasteiger partial charge on any atom is 0.246 e. The average Bonchev–Trinajstić information content (AvgIpc) is 3.61. The lowest BCUT2D eigenvalue weighted by molar-refractivity contribution is -0.143. The molecule has 2 aliphatic rings. The summed E-state index contributed by atoms with van der Waals surface area (Å²) in [5.41, 5.74) is 0. The molecule has 2 aliphatic heterocycles. The lowest BCUT2D eigenvalue weighted by Crippen LogP contribution is -2.64. The molecule has 2 rings (SSSR count). The monoisotopic (exact) mass is 798 g/mol. The second-order valence-corrected chi connectivity index (χ2v) is 15.8. The van der Waals surface area contributed by atoms with Crippen LogP contribution in [0.2, 0.25) is 0 Å². The Balaban J connectivity index is 2.63. The van der Waals surface area contributed by atoms with Crippen molar-refractivity contribution in [3.05, 3.63) is 0 Å². The summed E-state index contributed by atoms with van der Waals surface area (Å²) in [5.74, 6) is -7.53. The Labute approximate surface area is 328 Å². The van der Waals surface area contributed by atoms with E-state index in [1.54, 1.807) is 20.8 Å². The highest BCUT2D eigenvalue weighted by atomic mass is 32.1. The first kappa shape index (κ1) is 47.2. The van der Waals surface area contributed by atoms with Crippen LogP contribution >= 0.6 is 12.6 Å². The molecule has 0 bridgehead atoms. The summed E-state index contributed by atoms with van der Waals surface area (Å²) in [6, 6.07) is -10.3. The Bertz CT molecular complexity index is 1410. The van der Waals surface area contributed by atoms with Crippen LogP contribution in [0.1, 0.15) is 88.0 Å². The van der Waals surface area contributed by atoms with Crippen LogP contribution in [0.3, 0.4) is 0 Å². The van der Waals surface area contributed by atoms with Crippen LogP contribution < -0.4 is 37.2 Å². The molecule has 0 aromatic heterocycles. The van der Waals surface area contributed by atoms with E-state index in [0.29, 0.717) is 12.8 Å². The van der Waals surface area contributed by atoms with Crippen molar-refractivity contribution in [1.29, 1.82) is 0 Å². The van der Waals surface area contributed by atoms with Gasteiger partial charge in [-0.3, -0.25) is 38.4 Å². The van der Waals surface area contributed by atoms with E-state index in [-0.39, 0.29) is 31.1 Å². The molecule has 18 nitrogen and oxygen atoms in total. The number of thiol groups is 1. The smallest absolute Gasteiger partial charge is 0.246 e. The van der Waals surface area contributed by atoms with Gasteiger partial charge in [0.05, 0.1) is 12.2 Å². The van der Waals surface area contributed by atoms with Crippen molar-refractivity contribution in [2.45, 2.75) is 149 Å². The minimum absolute atomic E-state index is 0.0886. The van der Waals surface area contributed by atoms with Crippen molar-refractivity contribution in [3.8, 4) is 0 Å². The molecular formula is C36H62N8O10S. The third-order valence-corrected chi connectivity index (χ3v) is 10.3. The fourth-order valence-electron chi connectivity index (χ4n) is 6.33. The quantitative estimate of drug-likeness (QED) is 0.119. The van der Waals surface area contributed by atoms with Gasteiger partial charge >= 0.3 is 0 Å². The summed E-state index contributed by atoms with van der Waals surface area (Å²) in [6.07, 6.45) is -1.57. The standard InChI is InChI=1S/C36H62N8O10S/c1-10-18(6)26-36(54)44-13-11-12-24(44)32(50)39-23(15-55)31(49)42-28(21(9)46)35(53)40-25(17(4)5)33(51)43-27(20(8)45)34(52)37-19(7)29(47)38-22(14-16(2)3)30(48)41-26/h16-28,45-46,55H,10-15H2,1-9H3,(H,37,52)(H,38,47)(H,39,50)(H,40,53)(H,41,48)(H,42,49)(H,43,51)/t18-,19-,20-,21-,22-,23-,24-,25-,26-,27-,28-/m0/s1. The Morgan fingerprint density at radius 2 is 1.11 bits per heavy atom. The Morgan fingerprint density at radius 1 is 0.636 bits per heavy atom. The number of aliphatic hydroxyl groups excluding tert-OH is 2. The summed E-state index contributed by atoms with van der Waals surface area (Å²) < 4.78 is 0. The van der Waals surface area contributed by atoms with E-state index in [0.717, 1.165) is 0 Å². The molecule has 2 saturated heterocycles. The summed E-state index contributed by atoms with van der Waals surface area (Å²) >= 11 is 4.22. The molecule has 19 heteroatoms. The molecule has 0 spiro atoms. The lowest BCUT2D eigenvalue weighted by Gasteiger charge is -2.33. The topological polar surface area (TPSA) is 264 Å². The van der Waals surface area contributed by atoms with E-state index >= 15 is 0 Å². The van der Waals surface area contributed by atoms with Gasteiger partial charge in [-0.2, -0.15) is 12.6 Å². The number of rotatable bonds is 8. The maximum atomic E-state index is 14.1. The predicted molar refractivity (Wildman–Crippen MR) is 205 cm³/mol. The number of nitrogens with zero attached hydrogens (tertiary/aromatic N) is 1. The Morgan fingerprint density at radius 3 is 1.62 bits per heavy atom. The minimum Gasteiger partial charge on any atom is -0.391 e. The second kappa shape index (κ2) is 21.4.